The molecule has 0 aliphatic carbocycles. The number of hydrogen-bond donors (Lipinski definition) is 1. The highest BCUT2D eigenvalue weighted by atomic mass is 79.9. The molecule has 106 valence electrons. The fraction of sp³-hybridized carbons (Fsp3) is 0.143. The summed E-state index contributed by atoms with van der Waals surface area (Å²) in [7, 11) is 1.85. The maximum Gasteiger partial charge on any atom is 0.145 e. The zero-order valence-electron chi connectivity index (χ0n) is 10.5. The summed E-state index contributed by atoms with van der Waals surface area (Å²) in [6.07, 6.45) is 0. The van der Waals surface area contributed by atoms with Crippen molar-refractivity contribution < 1.29 is 9.13 Å². The van der Waals surface area contributed by atoms with Gasteiger partial charge in [-0.05, 0) is 47.2 Å². The zero-order valence-corrected chi connectivity index (χ0v) is 14.4. The van der Waals surface area contributed by atoms with Crippen LogP contribution in [0.3, 0.4) is 0 Å². The Kier molecular flexibility index (Phi) is 5.43. The van der Waals surface area contributed by atoms with Crippen LogP contribution in [0.1, 0.15) is 5.56 Å². The van der Waals surface area contributed by atoms with Gasteiger partial charge in [0.05, 0.1) is 9.50 Å². The molecular weight excluding hydrogens is 412 g/mol. The Morgan fingerprint density at radius 2 is 1.95 bits per heavy atom. The Morgan fingerprint density at radius 1 is 1.20 bits per heavy atom. The molecule has 6 heteroatoms. The average Bonchev–Trinajstić information content (AvgIpc) is 2.39. The standard InChI is InChI=1S/C14H11Br2ClFNO/c1-19-7-8-4-9(15)2-3-13(8)20-14-6-12(18)11(17)5-10(14)16/h2-6,19H,7H2,1H3. The molecule has 0 amide bonds. The van der Waals surface area contributed by atoms with Crippen molar-refractivity contribution in [1.82, 2.24) is 5.32 Å². The van der Waals surface area contributed by atoms with Crippen LogP contribution >= 0.6 is 43.5 Å². The summed E-state index contributed by atoms with van der Waals surface area (Å²) in [5.74, 6) is 0.522. The lowest BCUT2D eigenvalue weighted by atomic mass is 10.2. The van der Waals surface area contributed by atoms with E-state index in [2.05, 4.69) is 37.2 Å². The molecule has 0 aliphatic rings. The molecule has 2 aromatic rings. The Labute approximate surface area is 138 Å². The van der Waals surface area contributed by atoms with Crippen molar-refractivity contribution in [3.8, 4) is 11.5 Å². The van der Waals surface area contributed by atoms with E-state index in [-0.39, 0.29) is 5.02 Å². The van der Waals surface area contributed by atoms with Gasteiger partial charge in [0, 0.05) is 22.6 Å². The molecule has 0 fully saturated rings. The summed E-state index contributed by atoms with van der Waals surface area (Å²) in [5, 5.41) is 3.12. The van der Waals surface area contributed by atoms with Gasteiger partial charge in [-0.2, -0.15) is 0 Å². The van der Waals surface area contributed by atoms with Crippen molar-refractivity contribution in [2.45, 2.75) is 6.54 Å². The number of ether oxygens (including phenoxy) is 1. The van der Waals surface area contributed by atoms with Crippen molar-refractivity contribution >= 4 is 43.5 Å². The molecule has 2 aromatic carbocycles. The predicted octanol–water partition coefficient (Wildman–Crippen LogP) is 5.52. The first-order valence-electron chi connectivity index (χ1n) is 5.76. The Hall–Kier alpha value is -0.620. The van der Waals surface area contributed by atoms with Gasteiger partial charge in [-0.15, -0.1) is 0 Å². The van der Waals surface area contributed by atoms with E-state index >= 15 is 0 Å². The molecule has 0 unspecified atom stereocenters. The Morgan fingerprint density at radius 3 is 2.65 bits per heavy atom. The van der Waals surface area contributed by atoms with Gasteiger partial charge in [-0.3, -0.25) is 0 Å². The Balaban J connectivity index is 2.37. The molecule has 0 radical (unpaired) electrons. The lowest BCUT2D eigenvalue weighted by molar-refractivity contribution is 0.466. The third-order valence-electron chi connectivity index (χ3n) is 2.58. The first-order valence-corrected chi connectivity index (χ1v) is 7.73. The maximum absolute atomic E-state index is 13.5. The summed E-state index contributed by atoms with van der Waals surface area (Å²) in [4.78, 5) is 0. The molecule has 2 nitrogen and oxygen atoms in total. The van der Waals surface area contributed by atoms with Crippen LogP contribution < -0.4 is 10.1 Å². The third kappa shape index (κ3) is 3.73. The van der Waals surface area contributed by atoms with Crippen molar-refractivity contribution in [3.63, 3.8) is 0 Å². The smallest absolute Gasteiger partial charge is 0.145 e. The lowest BCUT2D eigenvalue weighted by Gasteiger charge is -2.13. The highest BCUT2D eigenvalue weighted by Gasteiger charge is 2.11. The van der Waals surface area contributed by atoms with E-state index in [4.69, 9.17) is 16.3 Å². The van der Waals surface area contributed by atoms with E-state index in [1.165, 1.54) is 12.1 Å². The van der Waals surface area contributed by atoms with Gasteiger partial charge in [-0.1, -0.05) is 27.5 Å². The fourth-order valence-electron chi connectivity index (χ4n) is 1.68. The zero-order chi connectivity index (χ0) is 14.7. The second-order valence-electron chi connectivity index (χ2n) is 4.08. The monoisotopic (exact) mass is 421 g/mol. The van der Waals surface area contributed by atoms with Crippen LogP contribution in [0.5, 0.6) is 11.5 Å². The molecule has 0 heterocycles. The average molecular weight is 424 g/mol. The maximum atomic E-state index is 13.5. The van der Waals surface area contributed by atoms with E-state index in [9.17, 15) is 4.39 Å². The van der Waals surface area contributed by atoms with E-state index < -0.39 is 5.82 Å². The number of hydrogen-bond acceptors (Lipinski definition) is 2. The van der Waals surface area contributed by atoms with Crippen LogP contribution in [0.4, 0.5) is 4.39 Å². The molecule has 1 N–H and O–H groups in total. The molecule has 0 atom stereocenters. The SMILES string of the molecule is CNCc1cc(Br)ccc1Oc1cc(F)c(Cl)cc1Br. The minimum atomic E-state index is -0.517. The molecule has 0 bridgehead atoms. The van der Waals surface area contributed by atoms with Gasteiger partial charge in [0.25, 0.3) is 0 Å². The van der Waals surface area contributed by atoms with Gasteiger partial charge in [0.2, 0.25) is 0 Å². The van der Waals surface area contributed by atoms with Gasteiger partial charge >= 0.3 is 0 Å². The molecule has 0 aromatic heterocycles. The summed E-state index contributed by atoms with van der Waals surface area (Å²) in [6.45, 7) is 0.641. The summed E-state index contributed by atoms with van der Waals surface area (Å²) in [5.41, 5.74) is 0.962. The van der Waals surface area contributed by atoms with Crippen molar-refractivity contribution in [2.75, 3.05) is 7.05 Å². The fourth-order valence-corrected chi connectivity index (χ4v) is 2.81. The van der Waals surface area contributed by atoms with Crippen molar-refractivity contribution in [2.24, 2.45) is 0 Å². The Bertz CT molecular complexity index is 637. The van der Waals surface area contributed by atoms with Crippen molar-refractivity contribution in [1.29, 1.82) is 0 Å². The summed E-state index contributed by atoms with van der Waals surface area (Å²) < 4.78 is 20.9. The molecule has 0 saturated heterocycles. The van der Waals surface area contributed by atoms with Crippen LogP contribution in [0.2, 0.25) is 5.02 Å². The lowest BCUT2D eigenvalue weighted by Crippen LogP contribution is -2.06. The number of benzene rings is 2. The van der Waals surface area contributed by atoms with E-state index in [0.717, 1.165) is 10.0 Å². The molecule has 20 heavy (non-hydrogen) atoms. The quantitative estimate of drug-likeness (QED) is 0.654. The molecular formula is C14H11Br2ClFNO. The molecule has 0 spiro atoms. The van der Waals surface area contributed by atoms with Crippen LogP contribution in [0.15, 0.2) is 39.3 Å². The normalized spacial score (nSPS) is 10.7. The second-order valence-corrected chi connectivity index (χ2v) is 6.26. The minimum absolute atomic E-state index is 0.0514. The molecule has 0 aliphatic heterocycles. The van der Waals surface area contributed by atoms with E-state index in [1.807, 2.05) is 25.2 Å². The third-order valence-corrected chi connectivity index (χ3v) is 3.99. The van der Waals surface area contributed by atoms with Crippen LogP contribution in [-0.4, -0.2) is 7.05 Å². The first kappa shape index (κ1) is 15.8. The van der Waals surface area contributed by atoms with Gasteiger partial charge in [-0.25, -0.2) is 4.39 Å². The summed E-state index contributed by atoms with van der Waals surface area (Å²) >= 11 is 12.4. The number of rotatable bonds is 4. The second kappa shape index (κ2) is 6.89. The largest absolute Gasteiger partial charge is 0.456 e. The topological polar surface area (TPSA) is 21.3 Å². The minimum Gasteiger partial charge on any atom is -0.456 e. The van der Waals surface area contributed by atoms with Gasteiger partial charge in [0.15, 0.2) is 0 Å². The van der Waals surface area contributed by atoms with E-state index in [1.54, 1.807) is 0 Å². The van der Waals surface area contributed by atoms with Gasteiger partial charge in [0.1, 0.15) is 17.3 Å². The van der Waals surface area contributed by atoms with Crippen molar-refractivity contribution in [3.05, 3.63) is 55.7 Å². The van der Waals surface area contributed by atoms with Crippen LogP contribution in [0, 0.1) is 5.82 Å². The molecule has 2 rings (SSSR count). The van der Waals surface area contributed by atoms with Crippen LogP contribution in [0.25, 0.3) is 0 Å². The number of halogens is 4. The number of nitrogens with one attached hydrogen (secondary N) is 1. The highest BCUT2D eigenvalue weighted by Crippen LogP contribution is 2.35. The predicted molar refractivity (Wildman–Crippen MR) is 86.1 cm³/mol. The van der Waals surface area contributed by atoms with E-state index in [0.29, 0.717) is 22.5 Å². The van der Waals surface area contributed by atoms with Gasteiger partial charge < -0.3 is 10.1 Å². The summed E-state index contributed by atoms with van der Waals surface area (Å²) in [6, 6.07) is 8.39. The highest BCUT2D eigenvalue weighted by molar-refractivity contribution is 9.10. The van der Waals surface area contributed by atoms with Crippen LogP contribution in [-0.2, 0) is 6.54 Å². The molecule has 0 saturated carbocycles. The first-order chi connectivity index (χ1) is 9.51.